The Balaban J connectivity index is 0.000000852. The molecule has 0 aliphatic carbocycles. The standard InChI is InChI=1S/C23H34N2O3.C2Cl2O2/c1-3-24(4-2)14-15-25(16-17-26)23(27)13-19-28-18-12-21-10-7-9-20-8-5-6-11-22(20)21;3-1(5)2(4)6/h5-11,26H,3-4,12-19H2,1-2H3;. The number of ether oxygens (including phenoxy) is 1. The number of aliphatic hydroxyl groups is 1. The summed E-state index contributed by atoms with van der Waals surface area (Å²) in [6, 6.07) is 14.7. The van der Waals surface area contributed by atoms with Gasteiger partial charge in [0.15, 0.2) is 0 Å². The zero-order valence-electron chi connectivity index (χ0n) is 19.8. The number of likely N-dealkylation sites (N-methyl/N-ethyl adjacent to an activating group) is 1. The molecule has 34 heavy (non-hydrogen) atoms. The highest BCUT2D eigenvalue weighted by Crippen LogP contribution is 2.18. The fraction of sp³-hybridized carbons (Fsp3) is 0.480. The maximum atomic E-state index is 12.4. The summed E-state index contributed by atoms with van der Waals surface area (Å²) in [5.41, 5.74) is 1.27. The van der Waals surface area contributed by atoms with Crippen molar-refractivity contribution >= 4 is 50.4 Å². The van der Waals surface area contributed by atoms with Gasteiger partial charge in [0.25, 0.3) is 0 Å². The van der Waals surface area contributed by atoms with Crippen LogP contribution in [0.3, 0.4) is 0 Å². The summed E-state index contributed by atoms with van der Waals surface area (Å²) in [6.45, 7) is 9.04. The van der Waals surface area contributed by atoms with Crippen molar-refractivity contribution in [3.8, 4) is 0 Å². The average Bonchev–Trinajstić information content (AvgIpc) is 2.84. The smallest absolute Gasteiger partial charge is 0.304 e. The average molecular weight is 513 g/mol. The molecule has 9 heteroatoms. The van der Waals surface area contributed by atoms with E-state index in [1.807, 2.05) is 6.07 Å². The first-order chi connectivity index (χ1) is 16.3. The minimum Gasteiger partial charge on any atom is -0.395 e. The summed E-state index contributed by atoms with van der Waals surface area (Å²) in [7, 11) is 0. The van der Waals surface area contributed by atoms with Crippen LogP contribution in [0.1, 0.15) is 25.8 Å². The van der Waals surface area contributed by atoms with E-state index in [0.717, 1.165) is 26.1 Å². The molecule has 0 unspecified atom stereocenters. The van der Waals surface area contributed by atoms with Crippen LogP contribution < -0.4 is 0 Å². The molecule has 7 nitrogen and oxygen atoms in total. The van der Waals surface area contributed by atoms with Crippen LogP contribution in [0.2, 0.25) is 0 Å². The van der Waals surface area contributed by atoms with Gasteiger partial charge in [-0.05, 0) is 59.0 Å². The zero-order chi connectivity index (χ0) is 25.3. The van der Waals surface area contributed by atoms with Crippen molar-refractivity contribution < 1.29 is 24.2 Å². The molecule has 0 aliphatic rings. The molecule has 0 bridgehead atoms. The van der Waals surface area contributed by atoms with Crippen LogP contribution in [0.25, 0.3) is 10.8 Å². The van der Waals surface area contributed by atoms with Crippen LogP contribution >= 0.6 is 23.2 Å². The Morgan fingerprint density at radius 2 is 1.53 bits per heavy atom. The topological polar surface area (TPSA) is 87.2 Å². The third-order valence-corrected chi connectivity index (χ3v) is 5.75. The summed E-state index contributed by atoms with van der Waals surface area (Å²) < 4.78 is 5.73. The Kier molecular flexibility index (Phi) is 15.4. The summed E-state index contributed by atoms with van der Waals surface area (Å²) in [4.78, 5) is 35.3. The maximum Gasteiger partial charge on any atom is 0.304 e. The second-order valence-electron chi connectivity index (χ2n) is 7.43. The molecule has 0 spiro atoms. The molecule has 1 N–H and O–H groups in total. The van der Waals surface area contributed by atoms with E-state index in [-0.39, 0.29) is 12.5 Å². The Hall–Kier alpha value is -2.03. The number of halogens is 2. The van der Waals surface area contributed by atoms with Gasteiger partial charge in [0.1, 0.15) is 0 Å². The quantitative estimate of drug-likeness (QED) is 0.237. The number of carbonyl (C=O) groups is 3. The molecule has 2 rings (SSSR count). The molecule has 0 fully saturated rings. The van der Waals surface area contributed by atoms with Crippen LogP contribution in [0, 0.1) is 0 Å². The summed E-state index contributed by atoms with van der Waals surface area (Å²) >= 11 is 8.98. The van der Waals surface area contributed by atoms with Gasteiger partial charge in [-0.25, -0.2) is 0 Å². The summed E-state index contributed by atoms with van der Waals surface area (Å²) in [6.07, 6.45) is 1.19. The number of aliphatic hydroxyl groups excluding tert-OH is 1. The lowest BCUT2D eigenvalue weighted by Crippen LogP contribution is -2.40. The normalized spacial score (nSPS) is 10.6. The second-order valence-corrected chi connectivity index (χ2v) is 8.12. The summed E-state index contributed by atoms with van der Waals surface area (Å²) in [5, 5.41) is 9.46. The highest BCUT2D eigenvalue weighted by Gasteiger charge is 2.14. The third-order valence-electron chi connectivity index (χ3n) is 5.31. The summed E-state index contributed by atoms with van der Waals surface area (Å²) in [5.74, 6) is 0.0476. The van der Waals surface area contributed by atoms with Crippen LogP contribution in [-0.2, 0) is 25.5 Å². The van der Waals surface area contributed by atoms with Crippen molar-refractivity contribution in [3.63, 3.8) is 0 Å². The lowest BCUT2D eigenvalue weighted by Gasteiger charge is -2.26. The van der Waals surface area contributed by atoms with Gasteiger partial charge in [0.05, 0.1) is 26.2 Å². The van der Waals surface area contributed by atoms with E-state index in [9.17, 15) is 19.5 Å². The van der Waals surface area contributed by atoms with Crippen molar-refractivity contribution in [2.24, 2.45) is 0 Å². The van der Waals surface area contributed by atoms with Gasteiger partial charge in [-0.3, -0.25) is 14.4 Å². The second kappa shape index (κ2) is 17.4. The van der Waals surface area contributed by atoms with Crippen molar-refractivity contribution in [2.75, 3.05) is 52.5 Å². The van der Waals surface area contributed by atoms with E-state index in [2.05, 4.69) is 78.3 Å². The maximum absolute atomic E-state index is 12.4. The van der Waals surface area contributed by atoms with E-state index < -0.39 is 10.5 Å². The fourth-order valence-corrected chi connectivity index (χ4v) is 3.40. The van der Waals surface area contributed by atoms with Gasteiger partial charge in [-0.15, -0.1) is 0 Å². The first-order valence-corrected chi connectivity index (χ1v) is 12.1. The van der Waals surface area contributed by atoms with Crippen LogP contribution in [-0.4, -0.2) is 83.8 Å². The molecule has 0 saturated heterocycles. The number of fused-ring (bicyclic) bond motifs is 1. The van der Waals surface area contributed by atoms with Crippen molar-refractivity contribution in [2.45, 2.75) is 26.7 Å². The molecule has 0 radical (unpaired) electrons. The predicted molar refractivity (Wildman–Crippen MR) is 136 cm³/mol. The molecule has 188 valence electrons. The minimum atomic E-state index is -1.14. The molecule has 0 atom stereocenters. The van der Waals surface area contributed by atoms with Crippen molar-refractivity contribution in [1.82, 2.24) is 9.80 Å². The number of hydrogen-bond donors (Lipinski definition) is 1. The Bertz CT molecular complexity index is 889. The number of amides is 1. The Morgan fingerprint density at radius 1 is 0.882 bits per heavy atom. The van der Waals surface area contributed by atoms with E-state index in [1.165, 1.54) is 16.3 Å². The van der Waals surface area contributed by atoms with E-state index in [1.54, 1.807) is 4.90 Å². The lowest BCUT2D eigenvalue weighted by atomic mass is 10.0. The first-order valence-electron chi connectivity index (χ1n) is 11.4. The van der Waals surface area contributed by atoms with E-state index in [4.69, 9.17) is 4.74 Å². The zero-order valence-corrected chi connectivity index (χ0v) is 21.4. The molecular weight excluding hydrogens is 479 g/mol. The molecule has 0 saturated carbocycles. The lowest BCUT2D eigenvalue weighted by molar-refractivity contribution is -0.133. The van der Waals surface area contributed by atoms with Gasteiger partial charge < -0.3 is 19.6 Å². The molecule has 0 aliphatic heterocycles. The van der Waals surface area contributed by atoms with Crippen LogP contribution in [0.5, 0.6) is 0 Å². The molecule has 0 heterocycles. The van der Waals surface area contributed by atoms with Gasteiger partial charge >= 0.3 is 10.5 Å². The van der Waals surface area contributed by atoms with Gasteiger partial charge in [-0.1, -0.05) is 56.3 Å². The highest BCUT2D eigenvalue weighted by molar-refractivity contribution is 6.97. The minimum absolute atomic E-state index is 0.00801. The highest BCUT2D eigenvalue weighted by atomic mass is 35.5. The Morgan fingerprint density at radius 3 is 2.15 bits per heavy atom. The largest absolute Gasteiger partial charge is 0.395 e. The molecule has 1 amide bonds. The van der Waals surface area contributed by atoms with Crippen molar-refractivity contribution in [3.05, 3.63) is 48.0 Å². The predicted octanol–water partition coefficient (Wildman–Crippen LogP) is 3.47. The number of hydrogen-bond acceptors (Lipinski definition) is 6. The molecule has 2 aromatic rings. The van der Waals surface area contributed by atoms with Gasteiger partial charge in [0, 0.05) is 19.6 Å². The first kappa shape index (κ1) is 30.0. The fourth-order valence-electron chi connectivity index (χ4n) is 3.40. The van der Waals surface area contributed by atoms with Gasteiger partial charge in [-0.2, -0.15) is 0 Å². The van der Waals surface area contributed by atoms with E-state index >= 15 is 0 Å². The number of rotatable bonds is 14. The van der Waals surface area contributed by atoms with Crippen LogP contribution in [0.4, 0.5) is 0 Å². The Labute approximate surface area is 211 Å². The van der Waals surface area contributed by atoms with Crippen LogP contribution in [0.15, 0.2) is 42.5 Å². The SMILES string of the molecule is CCN(CC)CCN(CCO)C(=O)CCOCCc1cccc2ccccc12.O=C(Cl)C(=O)Cl. The number of carbonyl (C=O) groups excluding carboxylic acids is 3. The number of nitrogens with zero attached hydrogens (tertiary/aromatic N) is 2. The monoisotopic (exact) mass is 512 g/mol. The molecular formula is C25H34Cl2N2O5. The van der Waals surface area contributed by atoms with Crippen molar-refractivity contribution in [1.29, 1.82) is 0 Å². The molecule has 2 aromatic carbocycles. The van der Waals surface area contributed by atoms with E-state index in [0.29, 0.717) is 32.7 Å². The third kappa shape index (κ3) is 11.4. The van der Waals surface area contributed by atoms with Gasteiger partial charge in [0.2, 0.25) is 5.91 Å². The molecule has 0 aromatic heterocycles. The number of benzene rings is 2.